The maximum Gasteiger partial charge on any atom is 0.388 e. The zero-order valence-corrected chi connectivity index (χ0v) is 8.99. The van der Waals surface area contributed by atoms with Crippen molar-refractivity contribution in [3.63, 3.8) is 0 Å². The Labute approximate surface area is 85.0 Å². The molecule has 0 heterocycles. The normalized spacial score (nSPS) is 9.57. The summed E-state index contributed by atoms with van der Waals surface area (Å²) >= 11 is 0. The minimum absolute atomic E-state index is 0.638. The van der Waals surface area contributed by atoms with Crippen molar-refractivity contribution in [3.8, 4) is 0 Å². The van der Waals surface area contributed by atoms with Crippen LogP contribution in [0.5, 0.6) is 0 Å². The van der Waals surface area contributed by atoms with Crippen molar-refractivity contribution in [2.24, 2.45) is 0 Å². The van der Waals surface area contributed by atoms with Gasteiger partial charge in [0.25, 0.3) is 0 Å². The minimum Gasteiger partial charge on any atom is -0.375 e. The van der Waals surface area contributed by atoms with Crippen LogP contribution in [0.2, 0.25) is 0 Å². The summed E-state index contributed by atoms with van der Waals surface area (Å²) in [5.41, 5.74) is 2.79. The Hall–Kier alpha value is -1.56. The number of anilines is 1. The molecular formula is C11H16N3+. The molecule has 1 aromatic rings. The van der Waals surface area contributed by atoms with Crippen molar-refractivity contribution in [1.29, 1.82) is 5.39 Å². The molecule has 0 N–H and O–H groups in total. The first-order chi connectivity index (χ1) is 6.69. The Bertz CT molecular complexity index is 352. The van der Waals surface area contributed by atoms with Crippen LogP contribution in [0.1, 0.15) is 18.9 Å². The van der Waals surface area contributed by atoms with E-state index in [-0.39, 0.29) is 0 Å². The van der Waals surface area contributed by atoms with E-state index < -0.39 is 0 Å². The fourth-order valence-electron chi connectivity index (χ4n) is 1.45. The van der Waals surface area contributed by atoms with Crippen LogP contribution in [0.4, 0.5) is 11.4 Å². The SMILES string of the molecule is CCCN(C)c1ccc([N+]#N)c(C)c1. The van der Waals surface area contributed by atoms with Crippen molar-refractivity contribution >= 4 is 11.4 Å². The molecule has 74 valence electrons. The summed E-state index contributed by atoms with van der Waals surface area (Å²) in [6.07, 6.45) is 1.13. The highest BCUT2D eigenvalue weighted by Gasteiger charge is 2.10. The highest BCUT2D eigenvalue weighted by Crippen LogP contribution is 2.23. The number of nitrogens with zero attached hydrogens (tertiary/aromatic N) is 3. The number of hydrogen-bond donors (Lipinski definition) is 0. The number of hydrogen-bond acceptors (Lipinski definition) is 2. The summed E-state index contributed by atoms with van der Waals surface area (Å²) in [4.78, 5) is 5.39. The second-order valence-electron chi connectivity index (χ2n) is 3.49. The van der Waals surface area contributed by atoms with E-state index >= 15 is 0 Å². The molecule has 0 saturated heterocycles. The van der Waals surface area contributed by atoms with Gasteiger partial charge in [0.2, 0.25) is 5.39 Å². The molecule has 0 aliphatic heterocycles. The monoisotopic (exact) mass is 190 g/mol. The Morgan fingerprint density at radius 1 is 1.43 bits per heavy atom. The Morgan fingerprint density at radius 3 is 2.64 bits per heavy atom. The summed E-state index contributed by atoms with van der Waals surface area (Å²) in [5, 5.41) is 8.66. The van der Waals surface area contributed by atoms with E-state index in [0.717, 1.165) is 24.2 Å². The van der Waals surface area contributed by atoms with E-state index in [4.69, 9.17) is 5.39 Å². The predicted molar refractivity (Wildman–Crippen MR) is 59.5 cm³/mol. The van der Waals surface area contributed by atoms with Gasteiger partial charge in [0.15, 0.2) is 4.98 Å². The molecule has 1 aromatic carbocycles. The Balaban J connectivity index is 2.92. The van der Waals surface area contributed by atoms with Crippen molar-refractivity contribution in [3.05, 3.63) is 28.7 Å². The lowest BCUT2D eigenvalue weighted by Gasteiger charge is -2.17. The molecular weight excluding hydrogens is 174 g/mol. The van der Waals surface area contributed by atoms with Crippen LogP contribution in [-0.2, 0) is 0 Å². The molecule has 0 atom stereocenters. The molecule has 3 nitrogen and oxygen atoms in total. The third kappa shape index (κ3) is 2.23. The maximum absolute atomic E-state index is 8.66. The van der Waals surface area contributed by atoms with E-state index in [0.29, 0.717) is 5.69 Å². The molecule has 0 fully saturated rings. The Kier molecular flexibility index (Phi) is 3.47. The van der Waals surface area contributed by atoms with Gasteiger partial charge in [0.05, 0.1) is 0 Å². The number of benzene rings is 1. The van der Waals surface area contributed by atoms with Crippen LogP contribution in [0.25, 0.3) is 4.98 Å². The van der Waals surface area contributed by atoms with E-state index in [1.807, 2.05) is 25.1 Å². The molecule has 0 aliphatic carbocycles. The lowest BCUT2D eigenvalue weighted by molar-refractivity contribution is 0.852. The van der Waals surface area contributed by atoms with Gasteiger partial charge in [-0.15, -0.1) is 0 Å². The van der Waals surface area contributed by atoms with Gasteiger partial charge in [-0.1, -0.05) is 6.92 Å². The first kappa shape index (κ1) is 10.5. The van der Waals surface area contributed by atoms with Gasteiger partial charge < -0.3 is 4.90 Å². The lowest BCUT2D eigenvalue weighted by atomic mass is 10.1. The lowest BCUT2D eigenvalue weighted by Crippen LogP contribution is -2.17. The predicted octanol–water partition coefficient (Wildman–Crippen LogP) is 3.33. The molecule has 3 heteroatoms. The molecule has 0 spiro atoms. The van der Waals surface area contributed by atoms with Crippen LogP contribution in [0.15, 0.2) is 18.2 Å². The standard InChI is InChI=1S/C11H16N3/c1-4-7-14(3)10-5-6-11(13-12)9(2)8-10/h5-6,8H,4,7H2,1-3H3/q+1. The summed E-state index contributed by atoms with van der Waals surface area (Å²) in [6, 6.07) is 5.83. The van der Waals surface area contributed by atoms with Gasteiger partial charge in [0.1, 0.15) is 0 Å². The van der Waals surface area contributed by atoms with Crippen molar-refractivity contribution in [2.75, 3.05) is 18.5 Å². The summed E-state index contributed by atoms with van der Waals surface area (Å²) in [5.74, 6) is 0. The van der Waals surface area contributed by atoms with Crippen molar-refractivity contribution in [1.82, 2.24) is 0 Å². The molecule has 14 heavy (non-hydrogen) atoms. The van der Waals surface area contributed by atoms with Gasteiger partial charge in [0, 0.05) is 30.9 Å². The highest BCUT2D eigenvalue weighted by molar-refractivity contribution is 5.60. The van der Waals surface area contributed by atoms with Gasteiger partial charge in [-0.3, -0.25) is 0 Å². The van der Waals surface area contributed by atoms with E-state index in [1.165, 1.54) is 0 Å². The number of diazo groups is 1. The third-order valence-electron chi connectivity index (χ3n) is 2.29. The first-order valence-electron chi connectivity index (χ1n) is 4.86. The molecule has 0 bridgehead atoms. The molecule has 0 aliphatic rings. The van der Waals surface area contributed by atoms with Gasteiger partial charge in [-0.25, -0.2) is 0 Å². The van der Waals surface area contributed by atoms with E-state index in [1.54, 1.807) is 0 Å². The molecule has 0 saturated carbocycles. The minimum atomic E-state index is 0.638. The van der Waals surface area contributed by atoms with Gasteiger partial charge in [-0.2, -0.15) is 0 Å². The molecule has 0 amide bonds. The fourth-order valence-corrected chi connectivity index (χ4v) is 1.45. The summed E-state index contributed by atoms with van der Waals surface area (Å²) in [7, 11) is 2.06. The zero-order chi connectivity index (χ0) is 10.6. The molecule has 0 radical (unpaired) electrons. The first-order valence-corrected chi connectivity index (χ1v) is 4.86. The molecule has 1 rings (SSSR count). The van der Waals surface area contributed by atoms with Crippen LogP contribution in [-0.4, -0.2) is 13.6 Å². The third-order valence-corrected chi connectivity index (χ3v) is 2.29. The fraction of sp³-hybridized carbons (Fsp3) is 0.455. The number of aryl methyl sites for hydroxylation is 1. The second kappa shape index (κ2) is 4.61. The number of rotatable bonds is 3. The van der Waals surface area contributed by atoms with Crippen LogP contribution in [0.3, 0.4) is 0 Å². The smallest absolute Gasteiger partial charge is 0.375 e. The zero-order valence-electron chi connectivity index (χ0n) is 8.99. The van der Waals surface area contributed by atoms with E-state index in [2.05, 4.69) is 23.8 Å². The van der Waals surface area contributed by atoms with Crippen LogP contribution >= 0.6 is 0 Å². The van der Waals surface area contributed by atoms with Crippen molar-refractivity contribution in [2.45, 2.75) is 20.3 Å². The average Bonchev–Trinajstić information content (AvgIpc) is 2.18. The second-order valence-corrected chi connectivity index (χ2v) is 3.49. The van der Waals surface area contributed by atoms with Gasteiger partial charge in [-0.05, 0) is 25.5 Å². The largest absolute Gasteiger partial charge is 0.388 e. The highest BCUT2D eigenvalue weighted by atomic mass is 15.1. The average molecular weight is 190 g/mol. The maximum atomic E-state index is 8.66. The topological polar surface area (TPSA) is 31.4 Å². The summed E-state index contributed by atoms with van der Waals surface area (Å²) < 4.78 is 0. The van der Waals surface area contributed by atoms with E-state index in [9.17, 15) is 0 Å². The molecule has 0 aromatic heterocycles. The Morgan fingerprint density at radius 2 is 2.14 bits per heavy atom. The quantitative estimate of drug-likeness (QED) is 0.684. The summed E-state index contributed by atoms with van der Waals surface area (Å²) in [6.45, 7) is 5.13. The van der Waals surface area contributed by atoms with Crippen molar-refractivity contribution < 1.29 is 0 Å². The van der Waals surface area contributed by atoms with Crippen LogP contribution in [0, 0.1) is 12.3 Å². The van der Waals surface area contributed by atoms with Gasteiger partial charge >= 0.3 is 5.69 Å². The van der Waals surface area contributed by atoms with Crippen LogP contribution < -0.4 is 4.90 Å². The molecule has 0 unspecified atom stereocenters.